The molecular formula is C17H17BrFN5O2. The van der Waals surface area contributed by atoms with Crippen molar-refractivity contribution in [2.24, 2.45) is 0 Å². The van der Waals surface area contributed by atoms with E-state index in [1.165, 1.54) is 0 Å². The number of hydrogen-bond acceptors (Lipinski definition) is 5. The zero-order chi connectivity index (χ0) is 18.7. The van der Waals surface area contributed by atoms with Gasteiger partial charge >= 0.3 is 0 Å². The topological polar surface area (TPSA) is 77.0 Å². The Morgan fingerprint density at radius 2 is 2.23 bits per heavy atom. The highest BCUT2D eigenvalue weighted by Crippen LogP contribution is 2.26. The second kappa shape index (κ2) is 7.77. The van der Waals surface area contributed by atoms with Crippen LogP contribution in [0.2, 0.25) is 0 Å². The van der Waals surface area contributed by atoms with Crippen LogP contribution in [0.25, 0.3) is 11.5 Å². The van der Waals surface area contributed by atoms with Crippen LogP contribution in [0.5, 0.6) is 0 Å². The summed E-state index contributed by atoms with van der Waals surface area (Å²) in [6, 6.07) is 6.46. The summed E-state index contributed by atoms with van der Waals surface area (Å²) >= 11 is 3.13. The van der Waals surface area contributed by atoms with E-state index >= 15 is 0 Å². The number of likely N-dealkylation sites (N-methyl/N-ethyl adjacent to an activating group) is 1. The van der Waals surface area contributed by atoms with Gasteiger partial charge in [0.1, 0.15) is 12.4 Å². The third-order valence-corrected chi connectivity index (χ3v) is 4.65. The number of hydrogen-bond donors (Lipinski definition) is 0. The van der Waals surface area contributed by atoms with Gasteiger partial charge in [-0.1, -0.05) is 11.2 Å². The standard InChI is InChI=1S/C17H17BrFN5O2/c1-11(23(2)15(25)10-24-8-4-7-20-24)9-14-21-17(26-22-14)12-5-3-6-13(18)16(12)19/h3-8,11H,9-10H2,1-2H3. The molecule has 2 aromatic heterocycles. The van der Waals surface area contributed by atoms with Crippen LogP contribution in [0.3, 0.4) is 0 Å². The summed E-state index contributed by atoms with van der Waals surface area (Å²) in [7, 11) is 1.71. The van der Waals surface area contributed by atoms with Crippen molar-refractivity contribution in [2.75, 3.05) is 7.05 Å². The van der Waals surface area contributed by atoms with Crippen LogP contribution in [-0.4, -0.2) is 43.8 Å². The third-order valence-electron chi connectivity index (χ3n) is 4.04. The molecule has 0 bridgehead atoms. The molecule has 1 unspecified atom stereocenters. The van der Waals surface area contributed by atoms with E-state index in [1.807, 2.05) is 6.92 Å². The molecule has 1 atom stereocenters. The molecule has 136 valence electrons. The van der Waals surface area contributed by atoms with Crippen molar-refractivity contribution in [3.05, 3.63) is 52.8 Å². The van der Waals surface area contributed by atoms with E-state index in [-0.39, 0.29) is 29.9 Å². The van der Waals surface area contributed by atoms with Gasteiger partial charge in [0, 0.05) is 31.9 Å². The number of amides is 1. The SMILES string of the molecule is CC(Cc1noc(-c2cccc(Br)c2F)n1)N(C)C(=O)Cn1cccn1. The molecule has 3 aromatic rings. The number of carbonyl (C=O) groups is 1. The molecular weight excluding hydrogens is 405 g/mol. The molecule has 26 heavy (non-hydrogen) atoms. The molecule has 9 heteroatoms. The predicted octanol–water partition coefficient (Wildman–Crippen LogP) is 2.92. The largest absolute Gasteiger partial charge is 0.341 e. The lowest BCUT2D eigenvalue weighted by atomic mass is 10.2. The van der Waals surface area contributed by atoms with Crippen molar-refractivity contribution in [1.29, 1.82) is 0 Å². The fraction of sp³-hybridized carbons (Fsp3) is 0.294. The molecule has 0 aliphatic carbocycles. The molecule has 2 heterocycles. The van der Waals surface area contributed by atoms with Crippen molar-refractivity contribution in [3.8, 4) is 11.5 Å². The van der Waals surface area contributed by atoms with Gasteiger partial charge in [0.2, 0.25) is 5.91 Å². The molecule has 0 aliphatic heterocycles. The van der Waals surface area contributed by atoms with E-state index in [4.69, 9.17) is 4.52 Å². The van der Waals surface area contributed by atoms with Gasteiger partial charge in [-0.15, -0.1) is 0 Å². The molecule has 0 spiro atoms. The Hall–Kier alpha value is -2.55. The second-order valence-corrected chi connectivity index (χ2v) is 6.73. The fourth-order valence-electron chi connectivity index (χ4n) is 2.41. The minimum Gasteiger partial charge on any atom is -0.341 e. The number of halogens is 2. The molecule has 0 fully saturated rings. The normalized spacial score (nSPS) is 12.2. The van der Waals surface area contributed by atoms with E-state index in [2.05, 4.69) is 31.2 Å². The molecule has 7 nitrogen and oxygen atoms in total. The van der Waals surface area contributed by atoms with E-state index in [0.717, 1.165) is 0 Å². The number of carbonyl (C=O) groups excluding carboxylic acids is 1. The van der Waals surface area contributed by atoms with E-state index in [9.17, 15) is 9.18 Å². The Bertz CT molecular complexity index is 896. The highest BCUT2D eigenvalue weighted by Gasteiger charge is 2.20. The van der Waals surface area contributed by atoms with Crippen molar-refractivity contribution >= 4 is 21.8 Å². The molecule has 0 N–H and O–H groups in total. The van der Waals surface area contributed by atoms with Crippen molar-refractivity contribution in [2.45, 2.75) is 25.9 Å². The van der Waals surface area contributed by atoms with Gasteiger partial charge in [-0.25, -0.2) is 4.39 Å². The van der Waals surface area contributed by atoms with Gasteiger partial charge in [0.05, 0.1) is 10.0 Å². The molecule has 0 saturated heterocycles. The van der Waals surface area contributed by atoms with Gasteiger partial charge in [0.25, 0.3) is 5.89 Å². The lowest BCUT2D eigenvalue weighted by molar-refractivity contribution is -0.132. The maximum absolute atomic E-state index is 14.1. The third kappa shape index (κ3) is 3.98. The maximum atomic E-state index is 14.1. The Balaban J connectivity index is 1.66. The van der Waals surface area contributed by atoms with Crippen LogP contribution in [-0.2, 0) is 17.8 Å². The summed E-state index contributed by atoms with van der Waals surface area (Å²) in [6.07, 6.45) is 3.74. The zero-order valence-electron chi connectivity index (χ0n) is 14.3. The first kappa shape index (κ1) is 18.2. The summed E-state index contributed by atoms with van der Waals surface area (Å²) < 4.78 is 21.2. The Morgan fingerprint density at radius 3 is 2.96 bits per heavy atom. The van der Waals surface area contributed by atoms with Crippen molar-refractivity contribution in [3.63, 3.8) is 0 Å². The van der Waals surface area contributed by atoms with Gasteiger partial charge < -0.3 is 9.42 Å². The number of rotatable bonds is 6. The predicted molar refractivity (Wildman–Crippen MR) is 95.6 cm³/mol. The fourth-order valence-corrected chi connectivity index (χ4v) is 2.77. The lowest BCUT2D eigenvalue weighted by Gasteiger charge is -2.23. The highest BCUT2D eigenvalue weighted by atomic mass is 79.9. The van der Waals surface area contributed by atoms with Crippen LogP contribution >= 0.6 is 15.9 Å². The first-order chi connectivity index (χ1) is 12.5. The minimum atomic E-state index is -0.456. The summed E-state index contributed by atoms with van der Waals surface area (Å²) in [5.74, 6) is -0.0210. The lowest BCUT2D eigenvalue weighted by Crippen LogP contribution is -2.38. The molecule has 0 saturated carbocycles. The molecule has 1 aromatic carbocycles. The first-order valence-corrected chi connectivity index (χ1v) is 8.75. The van der Waals surface area contributed by atoms with Crippen LogP contribution in [0.15, 0.2) is 45.7 Å². The Kier molecular flexibility index (Phi) is 5.46. The quantitative estimate of drug-likeness (QED) is 0.611. The highest BCUT2D eigenvalue weighted by molar-refractivity contribution is 9.10. The van der Waals surface area contributed by atoms with E-state index < -0.39 is 5.82 Å². The summed E-state index contributed by atoms with van der Waals surface area (Å²) in [5, 5.41) is 7.92. The van der Waals surface area contributed by atoms with Crippen LogP contribution in [0.4, 0.5) is 4.39 Å². The molecule has 1 amide bonds. The number of aromatic nitrogens is 4. The van der Waals surface area contributed by atoms with E-state index in [1.54, 1.807) is 53.3 Å². The zero-order valence-corrected chi connectivity index (χ0v) is 15.9. The second-order valence-electron chi connectivity index (χ2n) is 5.88. The summed E-state index contributed by atoms with van der Waals surface area (Å²) in [6.45, 7) is 2.05. The van der Waals surface area contributed by atoms with E-state index in [0.29, 0.717) is 16.7 Å². The minimum absolute atomic E-state index is 0.0806. The van der Waals surface area contributed by atoms with Gasteiger partial charge in [-0.3, -0.25) is 9.48 Å². The van der Waals surface area contributed by atoms with Crippen LogP contribution < -0.4 is 0 Å². The van der Waals surface area contributed by atoms with Crippen LogP contribution in [0.1, 0.15) is 12.7 Å². The van der Waals surface area contributed by atoms with Crippen molar-refractivity contribution < 1.29 is 13.7 Å². The average molecular weight is 422 g/mol. The molecule has 0 radical (unpaired) electrons. The first-order valence-electron chi connectivity index (χ1n) is 7.95. The molecule has 3 rings (SSSR count). The van der Waals surface area contributed by atoms with Gasteiger partial charge in [0.15, 0.2) is 5.82 Å². The average Bonchev–Trinajstić information content (AvgIpc) is 3.28. The Morgan fingerprint density at radius 1 is 1.42 bits per heavy atom. The monoisotopic (exact) mass is 421 g/mol. The molecule has 0 aliphatic rings. The smallest absolute Gasteiger partial charge is 0.260 e. The number of benzene rings is 1. The maximum Gasteiger partial charge on any atom is 0.260 e. The van der Waals surface area contributed by atoms with Crippen LogP contribution in [0, 0.1) is 5.82 Å². The van der Waals surface area contributed by atoms with Crippen molar-refractivity contribution in [1.82, 2.24) is 24.8 Å². The van der Waals surface area contributed by atoms with Gasteiger partial charge in [-0.05, 0) is 41.1 Å². The summed E-state index contributed by atoms with van der Waals surface area (Å²) in [4.78, 5) is 18.2. The Labute approximate surface area is 157 Å². The van der Waals surface area contributed by atoms with Gasteiger partial charge in [-0.2, -0.15) is 10.1 Å². The number of nitrogens with zero attached hydrogens (tertiary/aromatic N) is 5. The summed E-state index contributed by atoms with van der Waals surface area (Å²) in [5.41, 5.74) is 0.230.